The summed E-state index contributed by atoms with van der Waals surface area (Å²) >= 11 is 0. The maximum atomic E-state index is 12.0. The van der Waals surface area contributed by atoms with E-state index in [2.05, 4.69) is 10.6 Å². The van der Waals surface area contributed by atoms with E-state index >= 15 is 0 Å². The smallest absolute Gasteiger partial charge is 0.234 e. The molecule has 1 spiro atoms. The summed E-state index contributed by atoms with van der Waals surface area (Å²) in [5.41, 5.74) is 1.68. The maximum absolute atomic E-state index is 12.0. The number of rotatable bonds is 5. The minimum Gasteiger partial charge on any atom is -0.351 e. The van der Waals surface area contributed by atoms with Gasteiger partial charge in [-0.25, -0.2) is 0 Å². The van der Waals surface area contributed by atoms with E-state index < -0.39 is 0 Å². The number of hydrogen-bond acceptors (Lipinski definition) is 2. The van der Waals surface area contributed by atoms with Crippen molar-refractivity contribution in [3.05, 3.63) is 35.9 Å². The highest BCUT2D eigenvalue weighted by Crippen LogP contribution is 2.51. The van der Waals surface area contributed by atoms with Crippen molar-refractivity contribution in [3.8, 4) is 0 Å². The van der Waals surface area contributed by atoms with Crippen LogP contribution in [0.25, 0.3) is 0 Å². The zero-order valence-corrected chi connectivity index (χ0v) is 12.7. The molecule has 2 saturated carbocycles. The third-order valence-electron chi connectivity index (χ3n) is 5.36. The van der Waals surface area contributed by atoms with Gasteiger partial charge in [0.05, 0.1) is 6.54 Å². The molecule has 0 bridgehead atoms. The molecule has 0 radical (unpaired) electrons. The first-order chi connectivity index (χ1) is 10.3. The molecule has 1 aromatic carbocycles. The quantitative estimate of drug-likeness (QED) is 0.873. The summed E-state index contributed by atoms with van der Waals surface area (Å²) in [6.07, 6.45) is 9.46. The molecule has 0 aliphatic heterocycles. The van der Waals surface area contributed by atoms with Crippen molar-refractivity contribution in [2.45, 2.75) is 57.5 Å². The molecular formula is C18H26N2O. The van der Waals surface area contributed by atoms with Crippen molar-refractivity contribution in [3.63, 3.8) is 0 Å². The van der Waals surface area contributed by atoms with Gasteiger partial charge in [-0.05, 0) is 36.7 Å². The summed E-state index contributed by atoms with van der Waals surface area (Å²) < 4.78 is 0. The fourth-order valence-electron chi connectivity index (χ4n) is 3.94. The first kappa shape index (κ1) is 14.6. The Morgan fingerprint density at radius 1 is 1.10 bits per heavy atom. The molecule has 1 atom stereocenters. The Morgan fingerprint density at radius 2 is 1.86 bits per heavy atom. The van der Waals surface area contributed by atoms with Crippen LogP contribution in [0.2, 0.25) is 0 Å². The predicted molar refractivity (Wildman–Crippen MR) is 84.8 cm³/mol. The molecule has 0 aromatic heterocycles. The van der Waals surface area contributed by atoms with E-state index in [1.54, 1.807) is 0 Å². The normalized spacial score (nSPS) is 23.5. The number of nitrogens with one attached hydrogen (secondary N) is 2. The van der Waals surface area contributed by atoms with Gasteiger partial charge in [0.2, 0.25) is 5.91 Å². The van der Waals surface area contributed by atoms with Crippen molar-refractivity contribution in [2.75, 3.05) is 6.54 Å². The molecule has 114 valence electrons. The molecule has 1 aromatic rings. The Kier molecular flexibility index (Phi) is 4.59. The van der Waals surface area contributed by atoms with Gasteiger partial charge in [0.25, 0.3) is 0 Å². The summed E-state index contributed by atoms with van der Waals surface area (Å²) in [5, 5.41) is 6.50. The SMILES string of the molecule is O=C(CNC1CCC12CCCCC2)NCc1ccccc1. The molecule has 2 N–H and O–H groups in total. The number of benzene rings is 1. The van der Waals surface area contributed by atoms with Gasteiger partial charge >= 0.3 is 0 Å². The Bertz CT molecular complexity index is 465. The van der Waals surface area contributed by atoms with Crippen LogP contribution < -0.4 is 10.6 Å². The van der Waals surface area contributed by atoms with E-state index in [0.29, 0.717) is 24.5 Å². The minimum atomic E-state index is 0.108. The molecular weight excluding hydrogens is 260 g/mol. The Morgan fingerprint density at radius 3 is 2.52 bits per heavy atom. The van der Waals surface area contributed by atoms with Gasteiger partial charge in [-0.3, -0.25) is 4.79 Å². The van der Waals surface area contributed by atoms with Gasteiger partial charge in [0.15, 0.2) is 0 Å². The second-order valence-electron chi connectivity index (χ2n) is 6.66. The lowest BCUT2D eigenvalue weighted by atomic mass is 9.57. The largest absolute Gasteiger partial charge is 0.351 e. The summed E-state index contributed by atoms with van der Waals surface area (Å²) in [7, 11) is 0. The number of carbonyl (C=O) groups excluding carboxylic acids is 1. The average Bonchev–Trinajstić information content (AvgIpc) is 2.54. The number of hydrogen-bond donors (Lipinski definition) is 2. The first-order valence-electron chi connectivity index (χ1n) is 8.33. The fraction of sp³-hybridized carbons (Fsp3) is 0.611. The van der Waals surface area contributed by atoms with Crippen LogP contribution in [-0.2, 0) is 11.3 Å². The van der Waals surface area contributed by atoms with E-state index in [1.807, 2.05) is 30.3 Å². The Hall–Kier alpha value is -1.35. The zero-order chi connectivity index (χ0) is 14.5. The number of amides is 1. The highest BCUT2D eigenvalue weighted by molar-refractivity contribution is 5.78. The maximum Gasteiger partial charge on any atom is 0.234 e. The molecule has 3 rings (SSSR count). The lowest BCUT2D eigenvalue weighted by Crippen LogP contribution is -2.56. The van der Waals surface area contributed by atoms with E-state index in [1.165, 1.54) is 44.9 Å². The van der Waals surface area contributed by atoms with Crippen LogP contribution in [0.4, 0.5) is 0 Å². The van der Waals surface area contributed by atoms with Crippen molar-refractivity contribution in [1.82, 2.24) is 10.6 Å². The third kappa shape index (κ3) is 3.46. The van der Waals surface area contributed by atoms with Crippen LogP contribution >= 0.6 is 0 Å². The topological polar surface area (TPSA) is 41.1 Å². The highest BCUT2D eigenvalue weighted by Gasteiger charge is 2.46. The summed E-state index contributed by atoms with van der Waals surface area (Å²) in [6.45, 7) is 1.08. The van der Waals surface area contributed by atoms with Crippen molar-refractivity contribution >= 4 is 5.91 Å². The van der Waals surface area contributed by atoms with Crippen molar-refractivity contribution in [2.24, 2.45) is 5.41 Å². The molecule has 21 heavy (non-hydrogen) atoms. The summed E-state index contributed by atoms with van der Waals surface area (Å²) in [6, 6.07) is 10.6. The van der Waals surface area contributed by atoms with Gasteiger partial charge in [-0.15, -0.1) is 0 Å². The van der Waals surface area contributed by atoms with Crippen molar-refractivity contribution < 1.29 is 4.79 Å². The molecule has 0 heterocycles. The summed E-state index contributed by atoms with van der Waals surface area (Å²) in [5.74, 6) is 0.108. The molecule has 3 heteroatoms. The van der Waals surface area contributed by atoms with E-state index in [4.69, 9.17) is 0 Å². The molecule has 1 unspecified atom stereocenters. The lowest BCUT2D eigenvalue weighted by molar-refractivity contribution is -0.121. The fourth-order valence-corrected chi connectivity index (χ4v) is 3.94. The standard InChI is InChI=1S/C18H26N2O/c21-17(20-13-15-7-3-1-4-8-15)14-19-16-9-12-18(16)10-5-2-6-11-18/h1,3-4,7-8,16,19H,2,5-6,9-14H2,(H,20,21). The molecule has 3 nitrogen and oxygen atoms in total. The van der Waals surface area contributed by atoms with Crippen LogP contribution in [0.3, 0.4) is 0 Å². The molecule has 1 amide bonds. The van der Waals surface area contributed by atoms with Crippen LogP contribution in [0.1, 0.15) is 50.5 Å². The van der Waals surface area contributed by atoms with Crippen molar-refractivity contribution in [1.29, 1.82) is 0 Å². The van der Waals surface area contributed by atoms with Crippen LogP contribution in [0.5, 0.6) is 0 Å². The highest BCUT2D eigenvalue weighted by atomic mass is 16.1. The molecule has 0 saturated heterocycles. The van der Waals surface area contributed by atoms with E-state index in [-0.39, 0.29) is 5.91 Å². The molecule has 2 aliphatic rings. The van der Waals surface area contributed by atoms with Crippen LogP contribution in [0, 0.1) is 5.41 Å². The predicted octanol–water partition coefficient (Wildman–Crippen LogP) is 3.01. The van der Waals surface area contributed by atoms with Gasteiger partial charge in [-0.1, -0.05) is 49.6 Å². The Balaban J connectivity index is 1.40. The third-order valence-corrected chi connectivity index (χ3v) is 5.36. The van der Waals surface area contributed by atoms with Crippen LogP contribution in [-0.4, -0.2) is 18.5 Å². The van der Waals surface area contributed by atoms with E-state index in [9.17, 15) is 4.79 Å². The van der Waals surface area contributed by atoms with E-state index in [0.717, 1.165) is 5.56 Å². The lowest BCUT2D eigenvalue weighted by Gasteiger charge is -2.52. The zero-order valence-electron chi connectivity index (χ0n) is 12.7. The van der Waals surface area contributed by atoms with Gasteiger partial charge in [-0.2, -0.15) is 0 Å². The molecule has 2 fully saturated rings. The van der Waals surface area contributed by atoms with Gasteiger partial charge < -0.3 is 10.6 Å². The van der Waals surface area contributed by atoms with Gasteiger partial charge in [0.1, 0.15) is 0 Å². The minimum absolute atomic E-state index is 0.108. The second kappa shape index (κ2) is 6.61. The summed E-state index contributed by atoms with van der Waals surface area (Å²) in [4.78, 5) is 12.0. The van der Waals surface area contributed by atoms with Crippen LogP contribution in [0.15, 0.2) is 30.3 Å². The average molecular weight is 286 g/mol. The Labute approximate surface area is 127 Å². The molecule has 2 aliphatic carbocycles. The van der Waals surface area contributed by atoms with Gasteiger partial charge in [0, 0.05) is 12.6 Å². The first-order valence-corrected chi connectivity index (χ1v) is 8.33. The number of carbonyl (C=O) groups is 1. The second-order valence-corrected chi connectivity index (χ2v) is 6.66. The monoisotopic (exact) mass is 286 g/mol.